The number of anilines is 1. The fourth-order valence-electron chi connectivity index (χ4n) is 3.00. The number of amides is 1. The van der Waals surface area contributed by atoms with Crippen LogP contribution in [0.25, 0.3) is 0 Å². The Morgan fingerprint density at radius 2 is 1.91 bits per heavy atom. The topological polar surface area (TPSA) is 64.6 Å². The Balaban J connectivity index is 1.60. The van der Waals surface area contributed by atoms with Crippen molar-refractivity contribution in [3.05, 3.63) is 29.3 Å². The third-order valence-electron chi connectivity index (χ3n) is 4.44. The lowest BCUT2D eigenvalue weighted by Gasteiger charge is -2.29. The van der Waals surface area contributed by atoms with Crippen molar-refractivity contribution in [2.75, 3.05) is 38.0 Å². The van der Waals surface area contributed by atoms with Crippen LogP contribution in [-0.2, 0) is 4.79 Å². The molecule has 0 radical (unpaired) electrons. The van der Waals surface area contributed by atoms with Crippen LogP contribution in [-0.4, -0.2) is 54.7 Å². The van der Waals surface area contributed by atoms with Crippen LogP contribution in [0.3, 0.4) is 0 Å². The van der Waals surface area contributed by atoms with E-state index in [1.807, 2.05) is 32.0 Å². The van der Waals surface area contributed by atoms with Crippen LogP contribution in [0.15, 0.2) is 18.2 Å². The number of aryl methyl sites for hydroxylation is 2. The summed E-state index contributed by atoms with van der Waals surface area (Å²) in [6.07, 6.45) is 2.56. The first-order valence-corrected chi connectivity index (χ1v) is 8.53. The summed E-state index contributed by atoms with van der Waals surface area (Å²) in [4.78, 5) is 14.3. The van der Waals surface area contributed by atoms with Crippen molar-refractivity contribution in [2.24, 2.45) is 0 Å². The van der Waals surface area contributed by atoms with Crippen LogP contribution >= 0.6 is 0 Å². The Bertz CT molecular complexity index is 491. The number of benzene rings is 1. The molecule has 0 atom stereocenters. The van der Waals surface area contributed by atoms with E-state index in [9.17, 15) is 9.90 Å². The van der Waals surface area contributed by atoms with Crippen molar-refractivity contribution in [1.29, 1.82) is 0 Å². The number of hydrogen-bond acceptors (Lipinski definition) is 4. The second kappa shape index (κ2) is 8.89. The molecule has 1 heterocycles. The highest BCUT2D eigenvalue weighted by atomic mass is 16.3. The standard InChI is InChI=1S/C18H29N3O2/c1-14-5-3-6-15(2)18(14)20-13-17(23)19-9-4-10-21-11-7-16(22)8-12-21/h3,5-6,16,20,22H,4,7-13H2,1-2H3,(H,19,23). The fraction of sp³-hybridized carbons (Fsp3) is 0.611. The molecule has 0 bridgehead atoms. The van der Waals surface area contributed by atoms with Gasteiger partial charge in [0.1, 0.15) is 0 Å². The Morgan fingerprint density at radius 1 is 1.26 bits per heavy atom. The number of rotatable bonds is 7. The van der Waals surface area contributed by atoms with Crippen LogP contribution in [0.2, 0.25) is 0 Å². The van der Waals surface area contributed by atoms with Gasteiger partial charge < -0.3 is 20.6 Å². The van der Waals surface area contributed by atoms with Crippen molar-refractivity contribution in [1.82, 2.24) is 10.2 Å². The van der Waals surface area contributed by atoms with Crippen molar-refractivity contribution in [3.8, 4) is 0 Å². The number of likely N-dealkylation sites (tertiary alicyclic amines) is 1. The highest BCUT2D eigenvalue weighted by molar-refractivity contribution is 5.81. The van der Waals surface area contributed by atoms with E-state index in [4.69, 9.17) is 0 Å². The zero-order chi connectivity index (χ0) is 16.7. The van der Waals surface area contributed by atoms with Gasteiger partial charge in [-0.2, -0.15) is 0 Å². The molecule has 5 nitrogen and oxygen atoms in total. The Labute approximate surface area is 139 Å². The van der Waals surface area contributed by atoms with Gasteiger partial charge in [-0.1, -0.05) is 18.2 Å². The van der Waals surface area contributed by atoms with Gasteiger partial charge in [0.2, 0.25) is 5.91 Å². The van der Waals surface area contributed by atoms with Gasteiger partial charge >= 0.3 is 0 Å². The first-order valence-electron chi connectivity index (χ1n) is 8.53. The van der Waals surface area contributed by atoms with Crippen LogP contribution < -0.4 is 10.6 Å². The zero-order valence-electron chi connectivity index (χ0n) is 14.3. The van der Waals surface area contributed by atoms with Crippen molar-refractivity contribution in [2.45, 2.75) is 39.2 Å². The van der Waals surface area contributed by atoms with E-state index in [-0.39, 0.29) is 12.0 Å². The minimum absolute atomic E-state index is 0.0294. The molecule has 1 fully saturated rings. The number of para-hydroxylation sites is 1. The minimum atomic E-state index is -0.123. The summed E-state index contributed by atoms with van der Waals surface area (Å²) in [5.41, 5.74) is 3.37. The average Bonchev–Trinajstić information content (AvgIpc) is 2.53. The third kappa shape index (κ3) is 5.84. The summed E-state index contributed by atoms with van der Waals surface area (Å²) in [6, 6.07) is 6.11. The van der Waals surface area contributed by atoms with Crippen molar-refractivity contribution >= 4 is 11.6 Å². The molecule has 3 N–H and O–H groups in total. The molecule has 0 saturated carbocycles. The molecule has 1 aromatic rings. The Hall–Kier alpha value is -1.59. The maximum atomic E-state index is 11.9. The molecule has 5 heteroatoms. The van der Waals surface area contributed by atoms with Crippen LogP contribution in [0.1, 0.15) is 30.4 Å². The van der Waals surface area contributed by atoms with E-state index in [1.165, 1.54) is 0 Å². The molecule has 1 amide bonds. The van der Waals surface area contributed by atoms with E-state index in [0.717, 1.165) is 55.7 Å². The molecular formula is C18H29N3O2. The van der Waals surface area contributed by atoms with Crippen molar-refractivity contribution < 1.29 is 9.90 Å². The first-order chi connectivity index (χ1) is 11.1. The second-order valence-corrected chi connectivity index (χ2v) is 6.40. The molecule has 1 aliphatic heterocycles. The van der Waals surface area contributed by atoms with E-state index >= 15 is 0 Å². The molecular weight excluding hydrogens is 290 g/mol. The molecule has 128 valence electrons. The largest absolute Gasteiger partial charge is 0.393 e. The summed E-state index contributed by atoms with van der Waals surface area (Å²) in [7, 11) is 0. The lowest BCUT2D eigenvalue weighted by Crippen LogP contribution is -2.38. The van der Waals surface area contributed by atoms with Gasteiger partial charge in [0.05, 0.1) is 12.6 Å². The van der Waals surface area contributed by atoms with Gasteiger partial charge in [-0.05, 0) is 50.8 Å². The third-order valence-corrected chi connectivity index (χ3v) is 4.44. The average molecular weight is 319 g/mol. The van der Waals surface area contributed by atoms with E-state index in [1.54, 1.807) is 0 Å². The minimum Gasteiger partial charge on any atom is -0.393 e. The molecule has 1 aliphatic rings. The molecule has 0 unspecified atom stereocenters. The number of nitrogens with zero attached hydrogens (tertiary/aromatic N) is 1. The molecule has 23 heavy (non-hydrogen) atoms. The zero-order valence-corrected chi connectivity index (χ0v) is 14.3. The quantitative estimate of drug-likeness (QED) is 0.669. The number of hydrogen-bond donors (Lipinski definition) is 3. The number of aliphatic hydroxyl groups is 1. The molecule has 0 aromatic heterocycles. The van der Waals surface area contributed by atoms with Gasteiger partial charge in [-0.3, -0.25) is 4.79 Å². The summed E-state index contributed by atoms with van der Waals surface area (Å²) in [5.74, 6) is 0.0294. The smallest absolute Gasteiger partial charge is 0.239 e. The van der Waals surface area contributed by atoms with E-state index in [2.05, 4.69) is 15.5 Å². The number of carbonyl (C=O) groups excluding carboxylic acids is 1. The second-order valence-electron chi connectivity index (χ2n) is 6.40. The summed E-state index contributed by atoms with van der Waals surface area (Å²) in [6.45, 7) is 8.00. The van der Waals surface area contributed by atoms with E-state index in [0.29, 0.717) is 13.1 Å². The number of carbonyl (C=O) groups is 1. The molecule has 0 spiro atoms. The molecule has 2 rings (SSSR count). The molecule has 0 aliphatic carbocycles. The maximum Gasteiger partial charge on any atom is 0.239 e. The van der Waals surface area contributed by atoms with Crippen LogP contribution in [0, 0.1) is 13.8 Å². The first kappa shape index (κ1) is 17.8. The highest BCUT2D eigenvalue weighted by Crippen LogP contribution is 2.18. The number of piperidine rings is 1. The highest BCUT2D eigenvalue weighted by Gasteiger charge is 2.16. The monoisotopic (exact) mass is 319 g/mol. The van der Waals surface area contributed by atoms with Crippen LogP contribution in [0.4, 0.5) is 5.69 Å². The van der Waals surface area contributed by atoms with Crippen molar-refractivity contribution in [3.63, 3.8) is 0 Å². The maximum absolute atomic E-state index is 11.9. The van der Waals surface area contributed by atoms with Gasteiger partial charge in [-0.15, -0.1) is 0 Å². The van der Waals surface area contributed by atoms with Gasteiger partial charge in [0, 0.05) is 25.3 Å². The summed E-state index contributed by atoms with van der Waals surface area (Å²) < 4.78 is 0. The fourth-order valence-corrected chi connectivity index (χ4v) is 3.00. The van der Waals surface area contributed by atoms with Gasteiger partial charge in [0.15, 0.2) is 0 Å². The van der Waals surface area contributed by atoms with Gasteiger partial charge in [-0.25, -0.2) is 0 Å². The number of aliphatic hydroxyl groups excluding tert-OH is 1. The lowest BCUT2D eigenvalue weighted by molar-refractivity contribution is -0.119. The normalized spacial score (nSPS) is 16.3. The predicted molar refractivity (Wildman–Crippen MR) is 93.7 cm³/mol. The summed E-state index contributed by atoms with van der Waals surface area (Å²) in [5, 5.41) is 15.7. The molecule has 1 saturated heterocycles. The van der Waals surface area contributed by atoms with E-state index < -0.39 is 0 Å². The Morgan fingerprint density at radius 3 is 2.57 bits per heavy atom. The SMILES string of the molecule is Cc1cccc(C)c1NCC(=O)NCCCN1CCC(O)CC1. The lowest BCUT2D eigenvalue weighted by atomic mass is 10.1. The Kier molecular flexibility index (Phi) is 6.86. The predicted octanol–water partition coefficient (Wildman–Crippen LogP) is 1.68. The number of nitrogens with one attached hydrogen (secondary N) is 2. The summed E-state index contributed by atoms with van der Waals surface area (Å²) >= 11 is 0. The molecule has 1 aromatic carbocycles. The van der Waals surface area contributed by atoms with Crippen LogP contribution in [0.5, 0.6) is 0 Å². The van der Waals surface area contributed by atoms with Gasteiger partial charge in [0.25, 0.3) is 0 Å².